The summed E-state index contributed by atoms with van der Waals surface area (Å²) in [6.45, 7) is 12.1. The highest BCUT2D eigenvalue weighted by Crippen LogP contribution is 2.10. The van der Waals surface area contributed by atoms with Gasteiger partial charge < -0.3 is 4.74 Å². The molecule has 0 aromatic heterocycles. The number of ether oxygens (including phenoxy) is 1. The molecular formula is C17H32O2. The van der Waals surface area contributed by atoms with Gasteiger partial charge in [0, 0.05) is 6.08 Å². The van der Waals surface area contributed by atoms with Crippen LogP contribution in [-0.2, 0) is 9.53 Å². The maximum Gasteiger partial charge on any atom is 0.330 e. The number of hydrogen-bond acceptors (Lipinski definition) is 2. The molecule has 0 bridgehead atoms. The third-order valence-corrected chi connectivity index (χ3v) is 2.91. The minimum Gasteiger partial charge on any atom is -0.463 e. The van der Waals surface area contributed by atoms with E-state index in [1.54, 1.807) is 0 Å². The maximum atomic E-state index is 10.7. The van der Waals surface area contributed by atoms with Gasteiger partial charge in [-0.1, -0.05) is 71.3 Å². The number of carbonyl (C=O) groups excluding carboxylic acids is 1. The smallest absolute Gasteiger partial charge is 0.330 e. The van der Waals surface area contributed by atoms with E-state index in [4.69, 9.17) is 4.74 Å². The fourth-order valence-corrected chi connectivity index (χ4v) is 1.82. The van der Waals surface area contributed by atoms with Crippen LogP contribution in [-0.4, -0.2) is 12.6 Å². The second-order valence-electron chi connectivity index (χ2n) is 4.55. The Morgan fingerprint density at radius 2 is 1.32 bits per heavy atom. The van der Waals surface area contributed by atoms with E-state index in [1.807, 2.05) is 0 Å². The van der Waals surface area contributed by atoms with E-state index in [1.165, 1.54) is 63.9 Å². The fraction of sp³-hybridized carbons (Fsp3) is 0.706. The van der Waals surface area contributed by atoms with Crippen LogP contribution in [0, 0.1) is 0 Å². The summed E-state index contributed by atoms with van der Waals surface area (Å²) in [5.74, 6) is -0.305. The van der Waals surface area contributed by atoms with Crippen LogP contribution in [0.4, 0.5) is 0 Å². The fourth-order valence-electron chi connectivity index (χ4n) is 1.82. The van der Waals surface area contributed by atoms with Crippen LogP contribution in [0.1, 0.15) is 71.1 Å². The summed E-state index contributed by atoms with van der Waals surface area (Å²) in [5, 5.41) is 0. The Morgan fingerprint density at radius 1 is 0.895 bits per heavy atom. The normalized spacial score (nSPS) is 9.32. The number of rotatable bonds is 12. The molecule has 0 amide bonds. The molecule has 0 unspecified atom stereocenters. The van der Waals surface area contributed by atoms with Crippen molar-refractivity contribution in [3.63, 3.8) is 0 Å². The van der Waals surface area contributed by atoms with Crippen LogP contribution in [0.15, 0.2) is 25.8 Å². The first-order valence-corrected chi connectivity index (χ1v) is 7.60. The van der Waals surface area contributed by atoms with Gasteiger partial charge in [-0.3, -0.25) is 0 Å². The molecule has 0 heterocycles. The van der Waals surface area contributed by atoms with Crippen molar-refractivity contribution in [2.45, 2.75) is 71.1 Å². The number of unbranched alkanes of at least 4 members (excludes halogenated alkanes) is 9. The molecule has 0 aliphatic rings. The Kier molecular flexibility index (Phi) is 20.6. The maximum absolute atomic E-state index is 10.7. The summed E-state index contributed by atoms with van der Waals surface area (Å²) in [7, 11) is 0. The Morgan fingerprint density at radius 3 is 1.74 bits per heavy atom. The molecule has 19 heavy (non-hydrogen) atoms. The highest BCUT2D eigenvalue weighted by molar-refractivity contribution is 5.81. The van der Waals surface area contributed by atoms with Crippen LogP contribution in [0.2, 0.25) is 0 Å². The van der Waals surface area contributed by atoms with Crippen LogP contribution >= 0.6 is 0 Å². The lowest BCUT2D eigenvalue weighted by Gasteiger charge is -2.03. The molecule has 0 N–H and O–H groups in total. The van der Waals surface area contributed by atoms with Gasteiger partial charge in [-0.05, 0) is 6.42 Å². The lowest BCUT2D eigenvalue weighted by atomic mass is 10.1. The Labute approximate surface area is 119 Å². The summed E-state index contributed by atoms with van der Waals surface area (Å²) in [4.78, 5) is 10.7. The lowest BCUT2D eigenvalue weighted by Crippen LogP contribution is -2.01. The second kappa shape index (κ2) is 19.3. The van der Waals surface area contributed by atoms with Crippen molar-refractivity contribution in [3.05, 3.63) is 25.8 Å². The highest BCUT2D eigenvalue weighted by atomic mass is 16.5. The van der Waals surface area contributed by atoms with Gasteiger partial charge in [-0.2, -0.15) is 0 Å². The zero-order valence-corrected chi connectivity index (χ0v) is 12.8. The van der Waals surface area contributed by atoms with Gasteiger partial charge in [0.05, 0.1) is 6.61 Å². The summed E-state index contributed by atoms with van der Waals surface area (Å²) >= 11 is 0. The first kappa shape index (κ1) is 20.3. The zero-order valence-electron chi connectivity index (χ0n) is 12.8. The van der Waals surface area contributed by atoms with Crippen LogP contribution < -0.4 is 0 Å². The molecule has 0 saturated heterocycles. The summed E-state index contributed by atoms with van der Waals surface area (Å²) in [6, 6.07) is 0. The largest absolute Gasteiger partial charge is 0.463 e. The van der Waals surface area contributed by atoms with Crippen molar-refractivity contribution in [3.8, 4) is 0 Å². The zero-order chi connectivity index (χ0) is 14.8. The standard InChI is InChI=1S/C15H28O2.C2H4/c1-3-5-6-7-8-9-10-11-12-13-14-17-15(16)4-2;1-2/h4H,2-3,5-14H2,1H3;1-2H2. The molecule has 0 aromatic carbocycles. The first-order valence-electron chi connectivity index (χ1n) is 7.60. The Bertz CT molecular complexity index is 199. The van der Waals surface area contributed by atoms with Crippen LogP contribution in [0.25, 0.3) is 0 Å². The van der Waals surface area contributed by atoms with E-state index < -0.39 is 0 Å². The summed E-state index contributed by atoms with van der Waals surface area (Å²) < 4.78 is 4.91. The predicted molar refractivity (Wildman–Crippen MR) is 84.3 cm³/mol. The van der Waals surface area contributed by atoms with Crippen molar-refractivity contribution >= 4 is 5.97 Å². The summed E-state index contributed by atoms with van der Waals surface area (Å²) in [5.41, 5.74) is 0. The Balaban J connectivity index is 0. The van der Waals surface area contributed by atoms with Gasteiger partial charge in [0.1, 0.15) is 0 Å². The van der Waals surface area contributed by atoms with Crippen molar-refractivity contribution in [2.24, 2.45) is 0 Å². The number of esters is 1. The first-order chi connectivity index (χ1) is 9.31. The average molecular weight is 268 g/mol. The molecule has 2 nitrogen and oxygen atoms in total. The van der Waals surface area contributed by atoms with E-state index in [9.17, 15) is 4.79 Å². The van der Waals surface area contributed by atoms with E-state index in [0.29, 0.717) is 6.61 Å². The molecule has 0 fully saturated rings. The molecular weight excluding hydrogens is 236 g/mol. The molecule has 0 aromatic rings. The number of carbonyl (C=O) groups is 1. The van der Waals surface area contributed by atoms with E-state index in [2.05, 4.69) is 26.7 Å². The minimum absolute atomic E-state index is 0.305. The molecule has 0 rings (SSSR count). The van der Waals surface area contributed by atoms with Crippen molar-refractivity contribution in [1.82, 2.24) is 0 Å². The van der Waals surface area contributed by atoms with Crippen molar-refractivity contribution in [2.75, 3.05) is 6.61 Å². The van der Waals surface area contributed by atoms with E-state index in [0.717, 1.165) is 6.42 Å². The monoisotopic (exact) mass is 268 g/mol. The summed E-state index contributed by atoms with van der Waals surface area (Å²) in [6.07, 6.45) is 14.2. The topological polar surface area (TPSA) is 26.3 Å². The van der Waals surface area contributed by atoms with Crippen LogP contribution in [0.3, 0.4) is 0 Å². The molecule has 0 atom stereocenters. The minimum atomic E-state index is -0.305. The van der Waals surface area contributed by atoms with Crippen molar-refractivity contribution < 1.29 is 9.53 Å². The van der Waals surface area contributed by atoms with Gasteiger partial charge >= 0.3 is 5.97 Å². The highest BCUT2D eigenvalue weighted by Gasteiger charge is 1.95. The van der Waals surface area contributed by atoms with E-state index in [-0.39, 0.29) is 5.97 Å². The molecule has 112 valence electrons. The Hall–Kier alpha value is -1.05. The van der Waals surface area contributed by atoms with Gasteiger partial charge in [0.25, 0.3) is 0 Å². The van der Waals surface area contributed by atoms with E-state index >= 15 is 0 Å². The molecule has 0 radical (unpaired) electrons. The third-order valence-electron chi connectivity index (χ3n) is 2.91. The van der Waals surface area contributed by atoms with Gasteiger partial charge in [0.15, 0.2) is 0 Å². The molecule has 0 saturated carbocycles. The van der Waals surface area contributed by atoms with Crippen molar-refractivity contribution in [1.29, 1.82) is 0 Å². The van der Waals surface area contributed by atoms with Gasteiger partial charge in [-0.15, -0.1) is 13.2 Å². The second-order valence-corrected chi connectivity index (χ2v) is 4.55. The molecule has 0 aliphatic heterocycles. The third kappa shape index (κ3) is 19.5. The molecule has 0 spiro atoms. The van der Waals surface area contributed by atoms with Gasteiger partial charge in [-0.25, -0.2) is 4.79 Å². The lowest BCUT2D eigenvalue weighted by molar-refractivity contribution is -0.137. The van der Waals surface area contributed by atoms with Gasteiger partial charge in [0.2, 0.25) is 0 Å². The molecule has 2 heteroatoms. The van der Waals surface area contributed by atoms with Crippen LogP contribution in [0.5, 0.6) is 0 Å². The predicted octanol–water partition coefficient (Wildman–Crippen LogP) is 5.44. The average Bonchev–Trinajstić information content (AvgIpc) is 2.46. The SMILES string of the molecule is C=C.C=CC(=O)OCCCCCCCCCCCC. The quantitative estimate of drug-likeness (QED) is 0.204. The number of hydrogen-bond donors (Lipinski definition) is 0. The molecule has 0 aliphatic carbocycles.